The van der Waals surface area contributed by atoms with Gasteiger partial charge in [0.15, 0.2) is 0 Å². The molecule has 0 heterocycles. The van der Waals surface area contributed by atoms with Crippen molar-refractivity contribution in [2.45, 2.75) is 6.18 Å². The van der Waals surface area contributed by atoms with E-state index in [0.29, 0.717) is 0 Å². The number of hydrogen-bond donors (Lipinski definition) is 2. The Hall–Kier alpha value is -1.79. The minimum absolute atomic E-state index is 0.00836. The van der Waals surface area contributed by atoms with Crippen LogP contribution in [0.2, 0.25) is 0 Å². The number of rotatable bonds is 1. The molecule has 0 fully saturated rings. The van der Waals surface area contributed by atoms with E-state index in [-0.39, 0.29) is 11.4 Å². The Labute approximate surface area is 77.4 Å². The minimum atomic E-state index is -4.50. The van der Waals surface area contributed by atoms with Gasteiger partial charge in [-0.2, -0.15) is 13.2 Å². The van der Waals surface area contributed by atoms with Gasteiger partial charge in [-0.1, -0.05) is 5.22 Å². The Balaban J connectivity index is 3.22. The van der Waals surface area contributed by atoms with Crippen LogP contribution in [0.1, 0.15) is 5.56 Å². The lowest BCUT2D eigenvalue weighted by Crippen LogP contribution is -2.08. The van der Waals surface area contributed by atoms with Gasteiger partial charge >= 0.3 is 6.18 Å². The van der Waals surface area contributed by atoms with E-state index in [1.165, 1.54) is 6.07 Å². The van der Waals surface area contributed by atoms with Crippen LogP contribution in [0.4, 0.5) is 24.5 Å². The van der Waals surface area contributed by atoms with Gasteiger partial charge < -0.3 is 11.6 Å². The smallest absolute Gasteiger partial charge is 0.398 e. The van der Waals surface area contributed by atoms with Gasteiger partial charge in [0.05, 0.1) is 11.3 Å². The van der Waals surface area contributed by atoms with Crippen LogP contribution in [0.15, 0.2) is 28.5 Å². The van der Waals surface area contributed by atoms with Crippen molar-refractivity contribution in [3.63, 3.8) is 0 Å². The van der Waals surface area contributed by atoms with E-state index in [1.807, 2.05) is 0 Å². The van der Waals surface area contributed by atoms with Crippen molar-refractivity contribution in [3.05, 3.63) is 23.8 Å². The number of nitrogen functional groups attached to an aromatic ring is 1. The summed E-state index contributed by atoms with van der Waals surface area (Å²) in [5.74, 6) is 4.70. The summed E-state index contributed by atoms with van der Waals surface area (Å²) in [6.45, 7) is 0. The van der Waals surface area contributed by atoms with Crippen molar-refractivity contribution < 1.29 is 13.2 Å². The molecule has 0 amide bonds. The Kier molecular flexibility index (Phi) is 2.59. The van der Waals surface area contributed by atoms with Crippen LogP contribution in [-0.2, 0) is 6.18 Å². The fourth-order valence-corrected chi connectivity index (χ4v) is 0.919. The minimum Gasteiger partial charge on any atom is -0.398 e. The first kappa shape index (κ1) is 10.3. The first-order valence-electron chi connectivity index (χ1n) is 3.53. The second kappa shape index (κ2) is 3.52. The lowest BCUT2D eigenvalue weighted by molar-refractivity contribution is -0.136. The highest BCUT2D eigenvalue weighted by Gasteiger charge is 2.33. The van der Waals surface area contributed by atoms with Crippen molar-refractivity contribution in [3.8, 4) is 0 Å². The van der Waals surface area contributed by atoms with Gasteiger partial charge in [-0.25, -0.2) is 0 Å². The summed E-state index contributed by atoms with van der Waals surface area (Å²) in [6, 6.07) is 3.18. The average Bonchev–Trinajstić information content (AvgIpc) is 2.07. The van der Waals surface area contributed by atoms with Gasteiger partial charge in [-0.3, -0.25) is 0 Å². The Morgan fingerprint density at radius 3 is 2.36 bits per heavy atom. The van der Waals surface area contributed by atoms with Gasteiger partial charge in [0.1, 0.15) is 0 Å². The van der Waals surface area contributed by atoms with Crippen LogP contribution >= 0.6 is 0 Å². The number of halogens is 3. The van der Waals surface area contributed by atoms with Crippen LogP contribution in [-0.4, -0.2) is 0 Å². The van der Waals surface area contributed by atoms with Gasteiger partial charge in [0.2, 0.25) is 0 Å². The third-order valence-corrected chi connectivity index (χ3v) is 1.52. The molecule has 1 rings (SSSR count). The highest BCUT2D eigenvalue weighted by atomic mass is 19.4. The van der Waals surface area contributed by atoms with Crippen LogP contribution in [0.3, 0.4) is 0 Å². The second-order valence-corrected chi connectivity index (χ2v) is 2.48. The summed E-state index contributed by atoms with van der Waals surface area (Å²) in [4.78, 5) is 0. The van der Waals surface area contributed by atoms with E-state index in [0.717, 1.165) is 12.1 Å². The molecule has 0 aliphatic carbocycles. The number of nitrogens with zero attached hydrogens (tertiary/aromatic N) is 2. The quantitative estimate of drug-likeness (QED) is 0.318. The SMILES string of the molecule is NN=Nc1ccc(N)c(C(F)(F)F)c1. The first-order valence-corrected chi connectivity index (χ1v) is 3.53. The molecular formula is C7H7F3N4. The molecule has 0 atom stereocenters. The Bertz CT molecular complexity index is 358. The van der Waals surface area contributed by atoms with Crippen LogP contribution in [0, 0.1) is 0 Å². The molecule has 76 valence electrons. The van der Waals surface area contributed by atoms with E-state index in [2.05, 4.69) is 10.3 Å². The first-order chi connectivity index (χ1) is 6.45. The second-order valence-electron chi connectivity index (χ2n) is 2.48. The van der Waals surface area contributed by atoms with Crippen molar-refractivity contribution in [1.82, 2.24) is 0 Å². The predicted molar refractivity (Wildman–Crippen MR) is 44.6 cm³/mol. The number of benzene rings is 1. The summed E-state index contributed by atoms with van der Waals surface area (Å²) in [5.41, 5.74) is 3.86. The molecule has 0 unspecified atom stereocenters. The average molecular weight is 204 g/mol. The zero-order chi connectivity index (χ0) is 10.8. The molecule has 0 saturated carbocycles. The van der Waals surface area contributed by atoms with Crippen molar-refractivity contribution in [2.75, 3.05) is 5.73 Å². The zero-order valence-corrected chi connectivity index (χ0v) is 6.92. The Morgan fingerprint density at radius 2 is 1.86 bits per heavy atom. The summed E-state index contributed by atoms with van der Waals surface area (Å²) in [6.07, 6.45) is -4.50. The van der Waals surface area contributed by atoms with Crippen molar-refractivity contribution in [1.29, 1.82) is 0 Å². The van der Waals surface area contributed by atoms with E-state index in [4.69, 9.17) is 11.6 Å². The Morgan fingerprint density at radius 1 is 1.21 bits per heavy atom. The maximum atomic E-state index is 12.3. The fourth-order valence-electron chi connectivity index (χ4n) is 0.919. The maximum absolute atomic E-state index is 12.3. The van der Waals surface area contributed by atoms with Gasteiger partial charge in [-0.15, -0.1) is 5.11 Å². The molecule has 7 heteroatoms. The highest BCUT2D eigenvalue weighted by Crippen LogP contribution is 2.35. The van der Waals surface area contributed by atoms with Crippen LogP contribution < -0.4 is 11.6 Å². The number of alkyl halides is 3. The van der Waals surface area contributed by atoms with Gasteiger partial charge in [-0.05, 0) is 18.2 Å². The molecule has 0 radical (unpaired) electrons. The topological polar surface area (TPSA) is 76.8 Å². The maximum Gasteiger partial charge on any atom is 0.418 e. The lowest BCUT2D eigenvalue weighted by atomic mass is 10.1. The molecule has 0 aliphatic rings. The molecule has 4 nitrogen and oxygen atoms in total. The third-order valence-electron chi connectivity index (χ3n) is 1.52. The standard InChI is InChI=1S/C7H7F3N4/c8-7(9,10)5-3-4(13-14-12)1-2-6(5)11/h1-3H,11H2,(H2,12,13). The molecule has 4 N–H and O–H groups in total. The zero-order valence-electron chi connectivity index (χ0n) is 6.92. The molecule has 1 aromatic rings. The molecule has 0 spiro atoms. The molecule has 0 aromatic heterocycles. The summed E-state index contributed by atoms with van der Waals surface area (Å²) < 4.78 is 36.9. The predicted octanol–water partition coefficient (Wildman–Crippen LogP) is 2.25. The molecule has 0 bridgehead atoms. The highest BCUT2D eigenvalue weighted by molar-refractivity contribution is 5.55. The molecular weight excluding hydrogens is 197 g/mol. The number of nitrogens with two attached hydrogens (primary N) is 2. The monoisotopic (exact) mass is 204 g/mol. The van der Waals surface area contributed by atoms with Crippen molar-refractivity contribution >= 4 is 11.4 Å². The summed E-state index contributed by atoms with van der Waals surface area (Å²) in [7, 11) is 0. The third kappa shape index (κ3) is 2.12. The largest absolute Gasteiger partial charge is 0.418 e. The van der Waals surface area contributed by atoms with Crippen molar-refractivity contribution in [2.24, 2.45) is 16.2 Å². The summed E-state index contributed by atoms with van der Waals surface area (Å²) >= 11 is 0. The molecule has 0 aliphatic heterocycles. The molecule has 0 saturated heterocycles. The summed E-state index contributed by atoms with van der Waals surface area (Å²) in [5, 5.41) is 6.14. The fraction of sp³-hybridized carbons (Fsp3) is 0.143. The van der Waals surface area contributed by atoms with E-state index >= 15 is 0 Å². The van der Waals surface area contributed by atoms with E-state index < -0.39 is 11.7 Å². The number of anilines is 1. The number of hydrogen-bond acceptors (Lipinski definition) is 3. The van der Waals surface area contributed by atoms with Crippen LogP contribution in [0.5, 0.6) is 0 Å². The van der Waals surface area contributed by atoms with Crippen LogP contribution in [0.25, 0.3) is 0 Å². The van der Waals surface area contributed by atoms with Gasteiger partial charge in [0, 0.05) is 5.69 Å². The van der Waals surface area contributed by atoms with E-state index in [1.54, 1.807) is 0 Å². The van der Waals surface area contributed by atoms with E-state index in [9.17, 15) is 13.2 Å². The normalized spacial score (nSPS) is 12.2. The van der Waals surface area contributed by atoms with Gasteiger partial charge in [0.25, 0.3) is 0 Å². The molecule has 14 heavy (non-hydrogen) atoms. The lowest BCUT2D eigenvalue weighted by Gasteiger charge is -2.09. The molecule has 1 aromatic carbocycles.